The number of rotatable bonds is 4. The van der Waals surface area contributed by atoms with E-state index in [-0.39, 0.29) is 22.7 Å². The SMILES string of the molecule is C[C@@H](NC(=O)c1cc(=O)[nH]c(-c2ncccn2)n1)c1ccc(C(F)(F)F)c2ccccc12. The van der Waals surface area contributed by atoms with Crippen molar-refractivity contribution in [2.75, 3.05) is 0 Å². The first-order valence-electron chi connectivity index (χ1n) is 9.52. The van der Waals surface area contributed by atoms with Gasteiger partial charge in [-0.2, -0.15) is 13.2 Å². The number of nitrogens with zero attached hydrogens (tertiary/aromatic N) is 3. The van der Waals surface area contributed by atoms with Gasteiger partial charge in [0.25, 0.3) is 11.5 Å². The summed E-state index contributed by atoms with van der Waals surface area (Å²) in [4.78, 5) is 39.4. The third-order valence-electron chi connectivity index (χ3n) is 4.83. The predicted molar refractivity (Wildman–Crippen MR) is 111 cm³/mol. The minimum Gasteiger partial charge on any atom is -0.344 e. The summed E-state index contributed by atoms with van der Waals surface area (Å²) in [7, 11) is 0. The maximum atomic E-state index is 13.4. The van der Waals surface area contributed by atoms with Gasteiger partial charge in [-0.25, -0.2) is 15.0 Å². The van der Waals surface area contributed by atoms with Crippen molar-refractivity contribution in [2.24, 2.45) is 0 Å². The van der Waals surface area contributed by atoms with Gasteiger partial charge in [0.05, 0.1) is 11.6 Å². The fourth-order valence-electron chi connectivity index (χ4n) is 3.40. The van der Waals surface area contributed by atoms with Crippen molar-refractivity contribution in [3.8, 4) is 11.6 Å². The second kappa shape index (κ2) is 8.22. The molecule has 0 aliphatic carbocycles. The molecule has 0 fully saturated rings. The molecule has 10 heteroatoms. The van der Waals surface area contributed by atoms with Crippen molar-refractivity contribution in [3.63, 3.8) is 0 Å². The Labute approximate surface area is 179 Å². The van der Waals surface area contributed by atoms with Gasteiger partial charge >= 0.3 is 6.18 Å². The number of hydrogen-bond acceptors (Lipinski definition) is 5. The molecule has 4 rings (SSSR count). The van der Waals surface area contributed by atoms with Crippen molar-refractivity contribution in [3.05, 3.63) is 88.1 Å². The molecular formula is C22H16F3N5O2. The zero-order chi connectivity index (χ0) is 22.9. The van der Waals surface area contributed by atoms with Crippen LogP contribution in [-0.2, 0) is 6.18 Å². The van der Waals surface area contributed by atoms with E-state index >= 15 is 0 Å². The Morgan fingerprint density at radius 3 is 2.41 bits per heavy atom. The lowest BCUT2D eigenvalue weighted by Crippen LogP contribution is -2.29. The molecule has 1 amide bonds. The minimum absolute atomic E-state index is 0.0240. The molecule has 0 radical (unpaired) electrons. The highest BCUT2D eigenvalue weighted by atomic mass is 19.4. The van der Waals surface area contributed by atoms with Crippen molar-refractivity contribution >= 4 is 16.7 Å². The summed E-state index contributed by atoms with van der Waals surface area (Å²) in [5.74, 6) is -0.498. The monoisotopic (exact) mass is 439 g/mol. The second-order valence-corrected chi connectivity index (χ2v) is 6.99. The van der Waals surface area contributed by atoms with Crippen LogP contribution in [0.15, 0.2) is 65.7 Å². The van der Waals surface area contributed by atoms with Crippen molar-refractivity contribution in [2.45, 2.75) is 19.1 Å². The highest BCUT2D eigenvalue weighted by Crippen LogP contribution is 2.37. The van der Waals surface area contributed by atoms with E-state index in [1.54, 1.807) is 25.1 Å². The molecule has 0 aliphatic rings. The summed E-state index contributed by atoms with van der Waals surface area (Å²) in [5.41, 5.74) is -0.989. The first kappa shape index (κ1) is 21.2. The largest absolute Gasteiger partial charge is 0.417 e. The maximum Gasteiger partial charge on any atom is 0.417 e. The molecule has 162 valence electrons. The van der Waals surface area contributed by atoms with E-state index in [0.29, 0.717) is 10.9 Å². The van der Waals surface area contributed by atoms with Gasteiger partial charge in [0.15, 0.2) is 11.6 Å². The summed E-state index contributed by atoms with van der Waals surface area (Å²) < 4.78 is 40.1. The molecule has 2 aromatic heterocycles. The second-order valence-electron chi connectivity index (χ2n) is 6.99. The average molecular weight is 439 g/mol. The topological polar surface area (TPSA) is 101 Å². The number of benzene rings is 2. The minimum atomic E-state index is -4.50. The van der Waals surface area contributed by atoms with Crippen molar-refractivity contribution in [1.29, 1.82) is 0 Å². The molecule has 0 aliphatic heterocycles. The summed E-state index contributed by atoms with van der Waals surface area (Å²) >= 11 is 0. The lowest BCUT2D eigenvalue weighted by molar-refractivity contribution is -0.136. The van der Waals surface area contributed by atoms with Crippen LogP contribution in [0.1, 0.15) is 34.6 Å². The maximum absolute atomic E-state index is 13.4. The summed E-state index contributed by atoms with van der Waals surface area (Å²) in [6.45, 7) is 1.64. The van der Waals surface area contributed by atoms with Crippen LogP contribution in [0.25, 0.3) is 22.4 Å². The zero-order valence-electron chi connectivity index (χ0n) is 16.6. The van der Waals surface area contributed by atoms with Gasteiger partial charge in [-0.3, -0.25) is 9.59 Å². The van der Waals surface area contributed by atoms with Crippen LogP contribution in [0, 0.1) is 0 Å². The van der Waals surface area contributed by atoms with Crippen molar-refractivity contribution < 1.29 is 18.0 Å². The van der Waals surface area contributed by atoms with Crippen LogP contribution in [0.4, 0.5) is 13.2 Å². The number of aromatic amines is 1. The molecule has 7 nitrogen and oxygen atoms in total. The molecule has 1 atom stereocenters. The molecule has 0 bridgehead atoms. The summed E-state index contributed by atoms with van der Waals surface area (Å²) in [6, 6.07) is 10.4. The summed E-state index contributed by atoms with van der Waals surface area (Å²) in [5, 5.41) is 3.10. The number of carbonyl (C=O) groups is 1. The highest BCUT2D eigenvalue weighted by Gasteiger charge is 2.33. The average Bonchev–Trinajstić information content (AvgIpc) is 2.77. The van der Waals surface area contributed by atoms with E-state index in [2.05, 4.69) is 25.3 Å². The molecule has 2 heterocycles. The van der Waals surface area contributed by atoms with E-state index in [0.717, 1.165) is 12.1 Å². The molecule has 0 spiro atoms. The molecule has 4 aromatic rings. The van der Waals surface area contributed by atoms with Crippen LogP contribution >= 0.6 is 0 Å². The highest BCUT2D eigenvalue weighted by molar-refractivity contribution is 5.94. The van der Waals surface area contributed by atoms with E-state index in [4.69, 9.17) is 0 Å². The Balaban J connectivity index is 1.66. The molecule has 0 unspecified atom stereocenters. The fourth-order valence-corrected chi connectivity index (χ4v) is 3.40. The number of nitrogens with one attached hydrogen (secondary N) is 2. The van der Waals surface area contributed by atoms with Crippen LogP contribution in [0.2, 0.25) is 0 Å². The number of hydrogen-bond donors (Lipinski definition) is 2. The van der Waals surface area contributed by atoms with Gasteiger partial charge in [-0.15, -0.1) is 0 Å². The molecule has 0 saturated carbocycles. The number of aromatic nitrogens is 4. The number of fused-ring (bicyclic) bond motifs is 1. The number of halogens is 3. The van der Waals surface area contributed by atoms with Gasteiger partial charge in [0, 0.05) is 18.5 Å². The molecule has 2 N–H and O–H groups in total. The lowest BCUT2D eigenvalue weighted by atomic mass is 9.95. The molecule has 2 aromatic carbocycles. The van der Waals surface area contributed by atoms with Crippen LogP contribution in [-0.4, -0.2) is 25.8 Å². The van der Waals surface area contributed by atoms with Gasteiger partial charge in [0.1, 0.15) is 5.69 Å². The van der Waals surface area contributed by atoms with Gasteiger partial charge in [-0.05, 0) is 35.4 Å². The fraction of sp³-hybridized carbons (Fsp3) is 0.136. The standard InChI is InChI=1S/C22H16F3N5O2/c1-12(13-7-8-16(22(23,24)25)15-6-3-2-5-14(13)15)28-21(32)17-11-18(31)30-20(29-17)19-26-9-4-10-27-19/h2-12H,1H3,(H,28,32)(H,29,30,31)/t12-/m1/s1. The Morgan fingerprint density at radius 1 is 1.03 bits per heavy atom. The van der Waals surface area contributed by atoms with E-state index < -0.39 is 29.2 Å². The zero-order valence-corrected chi connectivity index (χ0v) is 16.6. The Hall–Kier alpha value is -4.08. The number of amides is 1. The molecule has 0 saturated heterocycles. The van der Waals surface area contributed by atoms with Gasteiger partial charge in [0.2, 0.25) is 0 Å². The third-order valence-corrected chi connectivity index (χ3v) is 4.83. The van der Waals surface area contributed by atoms with Crippen LogP contribution < -0.4 is 10.9 Å². The van der Waals surface area contributed by atoms with E-state index in [1.807, 2.05) is 0 Å². The predicted octanol–water partition coefficient (Wildman–Crippen LogP) is 3.89. The third kappa shape index (κ3) is 4.20. The quantitative estimate of drug-likeness (QED) is 0.503. The smallest absolute Gasteiger partial charge is 0.344 e. The van der Waals surface area contributed by atoms with Crippen molar-refractivity contribution in [1.82, 2.24) is 25.3 Å². The lowest BCUT2D eigenvalue weighted by Gasteiger charge is -2.19. The summed E-state index contributed by atoms with van der Waals surface area (Å²) in [6.07, 6.45) is -1.57. The Bertz CT molecular complexity index is 1350. The number of alkyl halides is 3. The number of carbonyl (C=O) groups excluding carboxylic acids is 1. The normalized spacial score (nSPS) is 12.5. The van der Waals surface area contributed by atoms with Gasteiger partial charge in [-0.1, -0.05) is 30.3 Å². The Morgan fingerprint density at radius 2 is 1.72 bits per heavy atom. The molecule has 32 heavy (non-hydrogen) atoms. The Kier molecular flexibility index (Phi) is 5.43. The van der Waals surface area contributed by atoms with Crippen LogP contribution in [0.3, 0.4) is 0 Å². The van der Waals surface area contributed by atoms with E-state index in [1.165, 1.54) is 30.6 Å². The number of H-pyrrole nitrogens is 1. The van der Waals surface area contributed by atoms with Gasteiger partial charge < -0.3 is 10.3 Å². The van der Waals surface area contributed by atoms with E-state index in [9.17, 15) is 22.8 Å². The van der Waals surface area contributed by atoms with Crippen LogP contribution in [0.5, 0.6) is 0 Å². The first-order valence-corrected chi connectivity index (χ1v) is 9.52. The molecular weight excluding hydrogens is 423 g/mol. The first-order chi connectivity index (χ1) is 15.2.